The number of nitrogens with zero attached hydrogens (tertiary/aromatic N) is 1. The zero-order valence-electron chi connectivity index (χ0n) is 24.2. The smallest absolute Gasteiger partial charge is 0.416 e. The van der Waals surface area contributed by atoms with Crippen LogP contribution in [-0.4, -0.2) is 63.7 Å². The number of carbonyl (C=O) groups is 1. The molecule has 0 aromatic heterocycles. The van der Waals surface area contributed by atoms with Crippen molar-refractivity contribution in [3.63, 3.8) is 0 Å². The largest absolute Gasteiger partial charge is 0.489 e. The lowest BCUT2D eigenvalue weighted by atomic mass is 10.0. The van der Waals surface area contributed by atoms with Gasteiger partial charge in [-0.05, 0) is 72.6 Å². The van der Waals surface area contributed by atoms with E-state index in [1.165, 1.54) is 24.3 Å². The van der Waals surface area contributed by atoms with E-state index in [0.717, 1.165) is 12.1 Å². The van der Waals surface area contributed by atoms with Crippen LogP contribution in [0.5, 0.6) is 5.75 Å². The van der Waals surface area contributed by atoms with Gasteiger partial charge in [0.1, 0.15) is 11.9 Å². The van der Waals surface area contributed by atoms with Crippen molar-refractivity contribution in [2.24, 2.45) is 0 Å². The monoisotopic (exact) mass is 656 g/mol. The minimum absolute atomic E-state index is 0.0522. The Balaban J connectivity index is 1.45. The van der Waals surface area contributed by atoms with Crippen LogP contribution < -0.4 is 15.0 Å². The van der Waals surface area contributed by atoms with E-state index in [2.05, 4.69) is 10.1 Å². The third-order valence-corrected chi connectivity index (χ3v) is 9.23. The quantitative estimate of drug-likeness (QED) is 0.230. The molecule has 45 heavy (non-hydrogen) atoms. The van der Waals surface area contributed by atoms with Crippen molar-refractivity contribution in [2.75, 3.05) is 30.4 Å². The Morgan fingerprint density at radius 3 is 2.22 bits per heavy atom. The predicted octanol–water partition coefficient (Wildman–Crippen LogP) is 5.62. The number of hydrogen-bond acceptors (Lipinski definition) is 7. The van der Waals surface area contributed by atoms with Crippen LogP contribution in [0.3, 0.4) is 0 Å². The Labute approximate surface area is 257 Å². The molecule has 4 rings (SSSR count). The fourth-order valence-electron chi connectivity index (χ4n) is 5.10. The molecule has 1 aliphatic rings. The van der Waals surface area contributed by atoms with Gasteiger partial charge in [-0.15, -0.1) is 0 Å². The molecule has 0 aliphatic carbocycles. The molecular weight excluding hydrogens is 623 g/mol. The minimum Gasteiger partial charge on any atom is -0.489 e. The zero-order chi connectivity index (χ0) is 32.8. The summed E-state index contributed by atoms with van der Waals surface area (Å²) in [6.07, 6.45) is -4.58. The molecule has 3 aromatic rings. The maximum Gasteiger partial charge on any atom is 0.416 e. The molecule has 1 amide bonds. The van der Waals surface area contributed by atoms with Crippen molar-refractivity contribution in [1.82, 2.24) is 5.32 Å². The van der Waals surface area contributed by atoms with Gasteiger partial charge in [-0.25, -0.2) is 8.42 Å². The van der Waals surface area contributed by atoms with Crippen LogP contribution in [0.4, 0.5) is 27.6 Å². The van der Waals surface area contributed by atoms with E-state index in [1.54, 1.807) is 48.2 Å². The molecule has 0 spiro atoms. The van der Waals surface area contributed by atoms with Crippen LogP contribution in [0, 0.1) is 0 Å². The molecule has 0 saturated carbocycles. The van der Waals surface area contributed by atoms with Gasteiger partial charge in [0.15, 0.2) is 9.84 Å². The van der Waals surface area contributed by atoms with Gasteiger partial charge in [-0.2, -0.15) is 22.0 Å². The Hall–Kier alpha value is -3.75. The van der Waals surface area contributed by atoms with Crippen molar-refractivity contribution in [2.45, 2.75) is 55.6 Å². The van der Waals surface area contributed by atoms with Gasteiger partial charge in [-0.1, -0.05) is 19.1 Å². The second-order valence-corrected chi connectivity index (χ2v) is 12.7. The Kier molecular flexibility index (Phi) is 11.0. The predicted molar refractivity (Wildman–Crippen MR) is 156 cm³/mol. The molecule has 1 aliphatic heterocycles. The van der Waals surface area contributed by atoms with Gasteiger partial charge >= 0.3 is 12.8 Å². The standard InChI is InChI=1S/C31H33F5N2O6S/c1-2-45(41,42)27-13-5-20(6-14-27)28(15-16-39)37-29(40)21-3-9-23(10-4-21)38-18-26(17-24(38)19-43-30(32)33)44-25-11-7-22(8-12-25)31(34,35)36/h3-14,24,26,28,30,39H,2,15-19H2,1H3,(H,37,40)/t24-,26-,28?/m0/s1. The number of hydrogen-bond donors (Lipinski definition) is 2. The first kappa shape index (κ1) is 34.1. The number of sulfone groups is 1. The van der Waals surface area contributed by atoms with E-state index in [-0.39, 0.29) is 54.6 Å². The molecule has 14 heteroatoms. The van der Waals surface area contributed by atoms with Gasteiger partial charge in [-0.3, -0.25) is 4.79 Å². The van der Waals surface area contributed by atoms with Crippen LogP contribution in [0.2, 0.25) is 0 Å². The van der Waals surface area contributed by atoms with Crippen LogP contribution in [0.15, 0.2) is 77.7 Å². The first-order valence-corrected chi connectivity index (χ1v) is 15.8. The number of nitrogens with one attached hydrogen (secondary N) is 1. The summed E-state index contributed by atoms with van der Waals surface area (Å²) in [4.78, 5) is 15.0. The van der Waals surface area contributed by atoms with Crippen LogP contribution in [0.25, 0.3) is 0 Å². The van der Waals surface area contributed by atoms with Gasteiger partial charge < -0.3 is 24.8 Å². The van der Waals surface area contributed by atoms with Crippen molar-refractivity contribution >= 4 is 21.4 Å². The first-order valence-electron chi connectivity index (χ1n) is 14.2. The number of rotatable bonds is 13. The SMILES string of the molecule is CCS(=O)(=O)c1ccc(C(CCO)NC(=O)c2ccc(N3C[C@@H](Oc4ccc(C(F)(F)F)cc4)C[C@H]3COC(F)F)cc2)cc1. The Morgan fingerprint density at radius 1 is 1.02 bits per heavy atom. The number of amides is 1. The summed E-state index contributed by atoms with van der Waals surface area (Å²) in [7, 11) is -3.40. The summed E-state index contributed by atoms with van der Waals surface area (Å²) < 4.78 is 99.1. The minimum atomic E-state index is -4.49. The highest BCUT2D eigenvalue weighted by Crippen LogP contribution is 2.33. The van der Waals surface area contributed by atoms with Crippen LogP contribution in [0.1, 0.15) is 47.3 Å². The number of benzene rings is 3. The topological polar surface area (TPSA) is 105 Å². The highest BCUT2D eigenvalue weighted by atomic mass is 32.2. The van der Waals surface area contributed by atoms with E-state index >= 15 is 0 Å². The highest BCUT2D eigenvalue weighted by Gasteiger charge is 2.35. The number of anilines is 1. The fourth-order valence-corrected chi connectivity index (χ4v) is 5.99. The summed E-state index contributed by atoms with van der Waals surface area (Å²) in [6.45, 7) is -1.78. The summed E-state index contributed by atoms with van der Waals surface area (Å²) in [5.41, 5.74) is 0.664. The third-order valence-electron chi connectivity index (χ3n) is 7.48. The lowest BCUT2D eigenvalue weighted by Gasteiger charge is -2.26. The average Bonchev–Trinajstić information content (AvgIpc) is 3.42. The van der Waals surface area contributed by atoms with Crippen LogP contribution in [-0.2, 0) is 20.8 Å². The summed E-state index contributed by atoms with van der Waals surface area (Å²) in [5, 5.41) is 12.4. The summed E-state index contributed by atoms with van der Waals surface area (Å²) in [5.74, 6) is -0.300. The van der Waals surface area contributed by atoms with Crippen molar-refractivity contribution in [3.05, 3.63) is 89.5 Å². The maximum atomic E-state index is 13.1. The second kappa shape index (κ2) is 14.6. The molecule has 1 heterocycles. The number of alkyl halides is 5. The normalized spacial score (nSPS) is 17.8. The average molecular weight is 657 g/mol. The number of halogens is 5. The van der Waals surface area contributed by atoms with Crippen molar-refractivity contribution < 1.29 is 49.7 Å². The highest BCUT2D eigenvalue weighted by molar-refractivity contribution is 7.91. The van der Waals surface area contributed by atoms with E-state index < -0.39 is 52.3 Å². The molecule has 2 N–H and O–H groups in total. The lowest BCUT2D eigenvalue weighted by molar-refractivity contribution is -0.137. The van der Waals surface area contributed by atoms with E-state index in [1.807, 2.05) is 0 Å². The summed E-state index contributed by atoms with van der Waals surface area (Å²) >= 11 is 0. The maximum absolute atomic E-state index is 13.1. The van der Waals surface area contributed by atoms with Gasteiger partial charge in [0.2, 0.25) is 0 Å². The molecule has 1 unspecified atom stereocenters. The third kappa shape index (κ3) is 8.92. The van der Waals surface area contributed by atoms with Gasteiger partial charge in [0.25, 0.3) is 5.91 Å². The van der Waals surface area contributed by atoms with Crippen molar-refractivity contribution in [3.8, 4) is 5.75 Å². The molecule has 0 bridgehead atoms. The van der Waals surface area contributed by atoms with E-state index in [0.29, 0.717) is 11.3 Å². The van der Waals surface area contributed by atoms with Gasteiger partial charge in [0.05, 0.1) is 41.4 Å². The summed E-state index contributed by atoms with van der Waals surface area (Å²) in [6, 6.07) is 15.5. The van der Waals surface area contributed by atoms with Crippen LogP contribution >= 0.6 is 0 Å². The fraction of sp³-hybridized carbons (Fsp3) is 0.387. The molecular formula is C31H33F5N2O6S. The van der Waals surface area contributed by atoms with Gasteiger partial charge in [0, 0.05) is 24.3 Å². The number of aliphatic hydroxyl groups excluding tert-OH is 1. The molecule has 1 fully saturated rings. The zero-order valence-corrected chi connectivity index (χ0v) is 25.0. The number of ether oxygens (including phenoxy) is 2. The number of aliphatic hydroxyl groups is 1. The molecule has 244 valence electrons. The molecule has 8 nitrogen and oxygen atoms in total. The Morgan fingerprint density at radius 2 is 1.67 bits per heavy atom. The molecule has 3 aromatic carbocycles. The molecule has 0 radical (unpaired) electrons. The van der Waals surface area contributed by atoms with Crippen molar-refractivity contribution in [1.29, 1.82) is 0 Å². The lowest BCUT2D eigenvalue weighted by Crippen LogP contribution is -2.34. The van der Waals surface area contributed by atoms with E-state index in [4.69, 9.17) is 4.74 Å². The number of carbonyl (C=O) groups excluding carboxylic acids is 1. The second-order valence-electron chi connectivity index (χ2n) is 10.5. The van der Waals surface area contributed by atoms with E-state index in [9.17, 15) is 40.3 Å². The first-order chi connectivity index (χ1) is 21.3. The molecule has 3 atom stereocenters. The Bertz CT molecular complexity index is 1520. The molecule has 1 saturated heterocycles.